The standard InChI is InChI=1S/C29H43N5O5/c1-19(2)16-24-29(39)33(4)20(3)26(36)32-23(17-21-10-6-5-7-11-21)27(37)30-14-15-34(18-25(35)31-24)28(38)22-12-8-9-13-22/h5-7,10-11,19-20,22-24H,8-9,12-18H2,1-4H3,(H,30,37)(H,31,35)(H,32,36)/t20-,23-,24-/m0/s1. The molecule has 1 saturated carbocycles. The summed E-state index contributed by atoms with van der Waals surface area (Å²) in [5.41, 5.74) is 0.873. The molecule has 0 bridgehead atoms. The van der Waals surface area contributed by atoms with Crippen molar-refractivity contribution in [2.45, 2.75) is 77.4 Å². The Kier molecular flexibility index (Phi) is 10.9. The number of rotatable bonds is 5. The highest BCUT2D eigenvalue weighted by Crippen LogP contribution is 2.26. The zero-order chi connectivity index (χ0) is 28.5. The highest BCUT2D eigenvalue weighted by molar-refractivity contribution is 5.95. The van der Waals surface area contributed by atoms with Crippen LogP contribution in [0.25, 0.3) is 0 Å². The van der Waals surface area contributed by atoms with E-state index in [4.69, 9.17) is 0 Å². The summed E-state index contributed by atoms with van der Waals surface area (Å²) < 4.78 is 0. The molecular formula is C29H43N5O5. The molecule has 39 heavy (non-hydrogen) atoms. The van der Waals surface area contributed by atoms with Crippen LogP contribution in [-0.2, 0) is 30.4 Å². The number of carbonyl (C=O) groups excluding carboxylic acids is 5. The third kappa shape index (κ3) is 8.53. The van der Waals surface area contributed by atoms with Crippen LogP contribution < -0.4 is 16.0 Å². The van der Waals surface area contributed by atoms with E-state index in [9.17, 15) is 24.0 Å². The molecule has 0 radical (unpaired) electrons. The van der Waals surface area contributed by atoms with Gasteiger partial charge in [0, 0.05) is 32.5 Å². The number of hydrogen-bond acceptors (Lipinski definition) is 5. The number of benzene rings is 1. The van der Waals surface area contributed by atoms with Crippen LogP contribution in [0.3, 0.4) is 0 Å². The van der Waals surface area contributed by atoms with Gasteiger partial charge in [0.25, 0.3) is 0 Å². The minimum Gasteiger partial charge on any atom is -0.353 e. The van der Waals surface area contributed by atoms with Crippen molar-refractivity contribution in [3.8, 4) is 0 Å². The molecule has 2 aliphatic rings. The predicted octanol–water partition coefficient (Wildman–Crippen LogP) is 1.24. The third-order valence-corrected chi connectivity index (χ3v) is 7.60. The fourth-order valence-corrected chi connectivity index (χ4v) is 5.21. The first-order valence-corrected chi connectivity index (χ1v) is 14.0. The highest BCUT2D eigenvalue weighted by atomic mass is 16.2. The molecule has 10 nitrogen and oxygen atoms in total. The predicted molar refractivity (Wildman–Crippen MR) is 147 cm³/mol. The molecule has 10 heteroatoms. The molecule has 1 saturated heterocycles. The van der Waals surface area contributed by atoms with Crippen LogP contribution in [0.1, 0.15) is 58.4 Å². The molecule has 0 unspecified atom stereocenters. The quantitative estimate of drug-likeness (QED) is 0.517. The summed E-state index contributed by atoms with van der Waals surface area (Å²) in [6, 6.07) is 6.77. The van der Waals surface area contributed by atoms with Gasteiger partial charge in [0.15, 0.2) is 0 Å². The van der Waals surface area contributed by atoms with Crippen molar-refractivity contribution < 1.29 is 24.0 Å². The fourth-order valence-electron chi connectivity index (χ4n) is 5.21. The van der Waals surface area contributed by atoms with Crippen LogP contribution >= 0.6 is 0 Å². The van der Waals surface area contributed by atoms with Crippen molar-refractivity contribution in [1.82, 2.24) is 25.8 Å². The first kappa shape index (κ1) is 30.1. The molecule has 1 heterocycles. The Morgan fingerprint density at radius 2 is 1.64 bits per heavy atom. The lowest BCUT2D eigenvalue weighted by Gasteiger charge is -2.31. The monoisotopic (exact) mass is 541 g/mol. The van der Waals surface area contributed by atoms with E-state index in [0.717, 1.165) is 31.2 Å². The van der Waals surface area contributed by atoms with Crippen LogP contribution in [0.4, 0.5) is 0 Å². The largest absolute Gasteiger partial charge is 0.353 e. The van der Waals surface area contributed by atoms with Crippen LogP contribution in [0.15, 0.2) is 30.3 Å². The maximum absolute atomic E-state index is 13.5. The molecule has 3 atom stereocenters. The van der Waals surface area contributed by atoms with Gasteiger partial charge in [0.05, 0.1) is 6.54 Å². The lowest BCUT2D eigenvalue weighted by molar-refractivity contribution is -0.143. The minimum absolute atomic E-state index is 0.104. The van der Waals surface area contributed by atoms with E-state index in [-0.39, 0.29) is 43.8 Å². The van der Waals surface area contributed by atoms with Crippen LogP contribution in [-0.4, -0.2) is 84.1 Å². The second-order valence-electron chi connectivity index (χ2n) is 11.2. The van der Waals surface area contributed by atoms with Gasteiger partial charge in [-0.1, -0.05) is 57.0 Å². The third-order valence-electron chi connectivity index (χ3n) is 7.60. The van der Waals surface area contributed by atoms with E-state index in [1.807, 2.05) is 44.2 Å². The first-order chi connectivity index (χ1) is 18.6. The number of amides is 5. The molecule has 3 rings (SSSR count). The molecule has 1 aliphatic heterocycles. The van der Waals surface area contributed by atoms with E-state index in [0.29, 0.717) is 6.42 Å². The Bertz CT molecular complexity index is 1020. The van der Waals surface area contributed by atoms with Crippen LogP contribution in [0.5, 0.6) is 0 Å². The Hall–Kier alpha value is -3.43. The fraction of sp³-hybridized carbons (Fsp3) is 0.621. The van der Waals surface area contributed by atoms with Crippen molar-refractivity contribution in [3.63, 3.8) is 0 Å². The molecule has 0 spiro atoms. The van der Waals surface area contributed by atoms with Gasteiger partial charge in [-0.05, 0) is 37.7 Å². The molecule has 5 amide bonds. The lowest BCUT2D eigenvalue weighted by Crippen LogP contribution is -2.57. The Morgan fingerprint density at radius 3 is 2.28 bits per heavy atom. The van der Waals surface area contributed by atoms with Gasteiger partial charge in [-0.15, -0.1) is 0 Å². The zero-order valence-corrected chi connectivity index (χ0v) is 23.6. The van der Waals surface area contributed by atoms with Gasteiger partial charge in [-0.3, -0.25) is 24.0 Å². The van der Waals surface area contributed by atoms with Crippen molar-refractivity contribution >= 4 is 29.5 Å². The Balaban J connectivity index is 1.89. The summed E-state index contributed by atoms with van der Waals surface area (Å²) in [5.74, 6) is -1.83. The van der Waals surface area contributed by atoms with E-state index in [2.05, 4.69) is 16.0 Å². The highest BCUT2D eigenvalue weighted by Gasteiger charge is 2.34. The summed E-state index contributed by atoms with van der Waals surface area (Å²) >= 11 is 0. The van der Waals surface area contributed by atoms with Gasteiger partial charge < -0.3 is 25.8 Å². The zero-order valence-electron chi connectivity index (χ0n) is 23.6. The summed E-state index contributed by atoms with van der Waals surface area (Å²) in [4.78, 5) is 69.1. The number of likely N-dealkylation sites (N-methyl/N-ethyl adjacent to an activating group) is 1. The minimum atomic E-state index is -0.874. The Labute approximate surface area is 231 Å². The van der Waals surface area contributed by atoms with Crippen LogP contribution in [0.2, 0.25) is 0 Å². The second kappa shape index (κ2) is 14.1. The first-order valence-electron chi connectivity index (χ1n) is 14.0. The smallest absolute Gasteiger partial charge is 0.245 e. The maximum Gasteiger partial charge on any atom is 0.245 e. The summed E-state index contributed by atoms with van der Waals surface area (Å²) in [6.45, 7) is 5.59. The number of hydrogen-bond donors (Lipinski definition) is 3. The van der Waals surface area contributed by atoms with Gasteiger partial charge in [0.1, 0.15) is 18.1 Å². The van der Waals surface area contributed by atoms with E-state index in [1.54, 1.807) is 6.92 Å². The average molecular weight is 542 g/mol. The normalized spacial score (nSPS) is 24.6. The van der Waals surface area contributed by atoms with E-state index < -0.39 is 41.8 Å². The topological polar surface area (TPSA) is 128 Å². The van der Waals surface area contributed by atoms with Gasteiger partial charge in [-0.2, -0.15) is 0 Å². The number of nitrogens with zero attached hydrogens (tertiary/aromatic N) is 2. The lowest BCUT2D eigenvalue weighted by atomic mass is 10.0. The Morgan fingerprint density at radius 1 is 0.974 bits per heavy atom. The van der Waals surface area contributed by atoms with Crippen molar-refractivity contribution in [3.05, 3.63) is 35.9 Å². The van der Waals surface area contributed by atoms with Crippen LogP contribution in [0, 0.1) is 11.8 Å². The van der Waals surface area contributed by atoms with Gasteiger partial charge in [0.2, 0.25) is 29.5 Å². The number of nitrogens with one attached hydrogen (secondary N) is 3. The molecular weight excluding hydrogens is 498 g/mol. The van der Waals surface area contributed by atoms with Gasteiger partial charge >= 0.3 is 0 Å². The molecule has 2 fully saturated rings. The SMILES string of the molecule is CC(C)C[C@@H]1NC(=O)CN(C(=O)C2CCCC2)CCNC(=O)[C@H](Cc2ccccc2)NC(=O)[C@H](C)N(C)C1=O. The maximum atomic E-state index is 13.5. The molecule has 3 N–H and O–H groups in total. The molecule has 1 aromatic carbocycles. The summed E-state index contributed by atoms with van der Waals surface area (Å²) in [5, 5.41) is 8.48. The van der Waals surface area contributed by atoms with E-state index >= 15 is 0 Å². The molecule has 1 aliphatic carbocycles. The average Bonchev–Trinajstić information content (AvgIpc) is 3.45. The summed E-state index contributed by atoms with van der Waals surface area (Å²) in [7, 11) is 1.52. The van der Waals surface area contributed by atoms with E-state index in [1.165, 1.54) is 16.8 Å². The molecule has 1 aromatic rings. The van der Waals surface area contributed by atoms with Crippen molar-refractivity contribution in [2.24, 2.45) is 11.8 Å². The molecule has 0 aromatic heterocycles. The molecule has 214 valence electrons. The van der Waals surface area contributed by atoms with Gasteiger partial charge in [-0.25, -0.2) is 0 Å². The number of carbonyl (C=O) groups is 5. The second-order valence-corrected chi connectivity index (χ2v) is 11.2. The summed E-state index contributed by atoms with van der Waals surface area (Å²) in [6.07, 6.45) is 4.17. The van der Waals surface area contributed by atoms with Crippen molar-refractivity contribution in [1.29, 1.82) is 0 Å². The van der Waals surface area contributed by atoms with Crippen molar-refractivity contribution in [2.75, 3.05) is 26.7 Å².